The summed E-state index contributed by atoms with van der Waals surface area (Å²) in [5, 5.41) is 7.09. The molecular weight excluding hydrogens is 200 g/mol. The van der Waals surface area contributed by atoms with Gasteiger partial charge in [0.2, 0.25) is 0 Å². The van der Waals surface area contributed by atoms with Crippen LogP contribution in [0.2, 0.25) is 0 Å². The van der Waals surface area contributed by atoms with E-state index in [-0.39, 0.29) is 0 Å². The van der Waals surface area contributed by atoms with Crippen LogP contribution in [0.15, 0.2) is 0 Å². The van der Waals surface area contributed by atoms with E-state index in [0.717, 1.165) is 38.8 Å². The van der Waals surface area contributed by atoms with Crippen LogP contribution in [0.4, 0.5) is 0 Å². The Hall–Kier alpha value is -0.120. The van der Waals surface area contributed by atoms with Gasteiger partial charge < -0.3 is 15.4 Å². The second-order valence-electron chi connectivity index (χ2n) is 4.80. The third kappa shape index (κ3) is 4.40. The SMILES string of the molecule is CCNC1COCC1CNCC(CC)CC. The number of hydrogen-bond donors (Lipinski definition) is 2. The fourth-order valence-corrected chi connectivity index (χ4v) is 2.34. The second kappa shape index (κ2) is 8.04. The lowest BCUT2D eigenvalue weighted by Gasteiger charge is -2.20. The fourth-order valence-electron chi connectivity index (χ4n) is 2.34. The van der Waals surface area contributed by atoms with Crippen LogP contribution in [0.3, 0.4) is 0 Å². The molecule has 0 spiro atoms. The molecule has 0 aromatic heterocycles. The van der Waals surface area contributed by atoms with E-state index in [2.05, 4.69) is 31.4 Å². The van der Waals surface area contributed by atoms with Crippen LogP contribution in [-0.2, 0) is 4.74 Å². The number of likely N-dealkylation sites (N-methyl/N-ethyl adjacent to an activating group) is 1. The van der Waals surface area contributed by atoms with Crippen LogP contribution in [0.1, 0.15) is 33.6 Å². The summed E-state index contributed by atoms with van der Waals surface area (Å²) >= 11 is 0. The highest BCUT2D eigenvalue weighted by Gasteiger charge is 2.26. The van der Waals surface area contributed by atoms with Gasteiger partial charge in [-0.05, 0) is 19.0 Å². The van der Waals surface area contributed by atoms with Crippen molar-refractivity contribution in [3.8, 4) is 0 Å². The first-order chi connectivity index (χ1) is 7.81. The predicted octanol–water partition coefficient (Wildman–Crippen LogP) is 1.64. The Morgan fingerprint density at radius 1 is 1.19 bits per heavy atom. The third-order valence-corrected chi connectivity index (χ3v) is 3.66. The van der Waals surface area contributed by atoms with Gasteiger partial charge in [0, 0.05) is 18.5 Å². The number of nitrogens with one attached hydrogen (secondary N) is 2. The van der Waals surface area contributed by atoms with E-state index in [9.17, 15) is 0 Å². The summed E-state index contributed by atoms with van der Waals surface area (Å²) in [6, 6.07) is 0.555. The van der Waals surface area contributed by atoms with Gasteiger partial charge >= 0.3 is 0 Å². The van der Waals surface area contributed by atoms with E-state index < -0.39 is 0 Å². The van der Waals surface area contributed by atoms with Crippen LogP contribution < -0.4 is 10.6 Å². The Morgan fingerprint density at radius 2 is 1.94 bits per heavy atom. The summed E-state index contributed by atoms with van der Waals surface area (Å²) in [5.41, 5.74) is 0. The molecule has 2 atom stereocenters. The first kappa shape index (κ1) is 13.9. The molecule has 0 radical (unpaired) electrons. The van der Waals surface area contributed by atoms with Gasteiger partial charge in [-0.2, -0.15) is 0 Å². The van der Waals surface area contributed by atoms with Crippen LogP contribution >= 0.6 is 0 Å². The summed E-state index contributed by atoms with van der Waals surface area (Å²) in [7, 11) is 0. The normalized spacial score (nSPS) is 25.5. The summed E-state index contributed by atoms with van der Waals surface area (Å²) in [5.74, 6) is 1.48. The number of rotatable bonds is 8. The molecule has 1 aliphatic heterocycles. The van der Waals surface area contributed by atoms with Crippen molar-refractivity contribution < 1.29 is 4.74 Å². The maximum atomic E-state index is 5.53. The van der Waals surface area contributed by atoms with E-state index in [1.165, 1.54) is 12.8 Å². The van der Waals surface area contributed by atoms with Gasteiger partial charge in [0.05, 0.1) is 13.2 Å². The average molecular weight is 228 g/mol. The first-order valence-corrected chi connectivity index (χ1v) is 6.83. The van der Waals surface area contributed by atoms with E-state index in [1.54, 1.807) is 0 Å². The maximum Gasteiger partial charge on any atom is 0.0623 e. The highest BCUT2D eigenvalue weighted by molar-refractivity contribution is 4.82. The van der Waals surface area contributed by atoms with Gasteiger partial charge in [-0.3, -0.25) is 0 Å². The third-order valence-electron chi connectivity index (χ3n) is 3.66. The second-order valence-corrected chi connectivity index (χ2v) is 4.80. The van der Waals surface area contributed by atoms with Gasteiger partial charge in [0.1, 0.15) is 0 Å². The topological polar surface area (TPSA) is 33.3 Å². The van der Waals surface area contributed by atoms with Gasteiger partial charge in [-0.25, -0.2) is 0 Å². The van der Waals surface area contributed by atoms with Crippen molar-refractivity contribution in [2.45, 2.75) is 39.7 Å². The molecule has 96 valence electrons. The van der Waals surface area contributed by atoms with Gasteiger partial charge in [0.15, 0.2) is 0 Å². The lowest BCUT2D eigenvalue weighted by Crippen LogP contribution is -2.41. The zero-order valence-electron chi connectivity index (χ0n) is 11.1. The zero-order valence-corrected chi connectivity index (χ0v) is 11.1. The standard InChI is InChI=1S/C13H28N2O/c1-4-11(5-2)7-14-8-12-9-16-10-13(12)15-6-3/h11-15H,4-10H2,1-3H3. The number of ether oxygens (including phenoxy) is 1. The van der Waals surface area contributed by atoms with Crippen molar-refractivity contribution in [1.29, 1.82) is 0 Å². The van der Waals surface area contributed by atoms with Crippen molar-refractivity contribution in [2.24, 2.45) is 11.8 Å². The van der Waals surface area contributed by atoms with Crippen molar-refractivity contribution in [3.63, 3.8) is 0 Å². The molecule has 1 heterocycles. The van der Waals surface area contributed by atoms with Gasteiger partial charge in [0.25, 0.3) is 0 Å². The molecule has 2 N–H and O–H groups in total. The lowest BCUT2D eigenvalue weighted by atomic mass is 10.0. The Morgan fingerprint density at radius 3 is 2.56 bits per heavy atom. The summed E-state index contributed by atoms with van der Waals surface area (Å²) in [4.78, 5) is 0. The molecule has 3 nitrogen and oxygen atoms in total. The van der Waals surface area contributed by atoms with E-state index in [1.807, 2.05) is 0 Å². The Bertz CT molecular complexity index is 171. The molecule has 0 amide bonds. The molecule has 1 aliphatic rings. The maximum absolute atomic E-state index is 5.53. The highest BCUT2D eigenvalue weighted by Crippen LogP contribution is 2.13. The molecule has 0 aromatic carbocycles. The van der Waals surface area contributed by atoms with Crippen LogP contribution in [0, 0.1) is 11.8 Å². The molecule has 0 bridgehead atoms. The zero-order chi connectivity index (χ0) is 11.8. The monoisotopic (exact) mass is 228 g/mol. The molecule has 0 aliphatic carbocycles. The minimum Gasteiger partial charge on any atom is -0.379 e. The fraction of sp³-hybridized carbons (Fsp3) is 1.00. The van der Waals surface area contributed by atoms with E-state index in [0.29, 0.717) is 12.0 Å². The molecule has 16 heavy (non-hydrogen) atoms. The molecule has 2 unspecified atom stereocenters. The largest absolute Gasteiger partial charge is 0.379 e. The van der Waals surface area contributed by atoms with E-state index >= 15 is 0 Å². The lowest BCUT2D eigenvalue weighted by molar-refractivity contribution is 0.182. The average Bonchev–Trinajstić information content (AvgIpc) is 2.73. The molecule has 0 saturated carbocycles. The van der Waals surface area contributed by atoms with Crippen molar-refractivity contribution in [3.05, 3.63) is 0 Å². The molecule has 1 fully saturated rings. The number of hydrogen-bond acceptors (Lipinski definition) is 3. The quantitative estimate of drug-likeness (QED) is 0.662. The van der Waals surface area contributed by atoms with Crippen LogP contribution in [0.25, 0.3) is 0 Å². The molecular formula is C13H28N2O. The van der Waals surface area contributed by atoms with Gasteiger partial charge in [-0.15, -0.1) is 0 Å². The predicted molar refractivity (Wildman–Crippen MR) is 68.7 cm³/mol. The molecule has 1 saturated heterocycles. The summed E-state index contributed by atoms with van der Waals surface area (Å²) in [6.45, 7) is 11.8. The Labute approximate surface area is 100 Å². The minimum absolute atomic E-state index is 0.555. The molecule has 0 aromatic rings. The summed E-state index contributed by atoms with van der Waals surface area (Å²) < 4.78 is 5.53. The van der Waals surface area contributed by atoms with Crippen LogP contribution in [0.5, 0.6) is 0 Å². The Balaban J connectivity index is 2.16. The smallest absolute Gasteiger partial charge is 0.0623 e. The van der Waals surface area contributed by atoms with Gasteiger partial charge in [-0.1, -0.05) is 33.6 Å². The highest BCUT2D eigenvalue weighted by atomic mass is 16.5. The van der Waals surface area contributed by atoms with Crippen molar-refractivity contribution in [1.82, 2.24) is 10.6 Å². The van der Waals surface area contributed by atoms with E-state index in [4.69, 9.17) is 4.74 Å². The summed E-state index contributed by atoms with van der Waals surface area (Å²) in [6.07, 6.45) is 2.56. The minimum atomic E-state index is 0.555. The van der Waals surface area contributed by atoms with Crippen molar-refractivity contribution >= 4 is 0 Å². The Kier molecular flexibility index (Phi) is 7.01. The molecule has 3 heteroatoms. The first-order valence-electron chi connectivity index (χ1n) is 6.83. The van der Waals surface area contributed by atoms with Crippen LogP contribution in [-0.4, -0.2) is 38.9 Å². The molecule has 1 rings (SSSR count). The van der Waals surface area contributed by atoms with Crippen molar-refractivity contribution in [2.75, 3.05) is 32.8 Å².